The third-order valence-corrected chi connectivity index (χ3v) is 4.54. The minimum atomic E-state index is -0.267. The number of nitrogens with one attached hydrogen (secondary N) is 3. The Morgan fingerprint density at radius 1 is 1.16 bits per heavy atom. The summed E-state index contributed by atoms with van der Waals surface area (Å²) in [6.45, 7) is 2.08. The topological polar surface area (TPSA) is 53.2 Å². The fourth-order valence-corrected chi connectivity index (χ4v) is 3.03. The molecule has 0 saturated carbocycles. The van der Waals surface area contributed by atoms with Gasteiger partial charge in [0.05, 0.1) is 0 Å². The first kappa shape index (κ1) is 19.2. The number of rotatable bonds is 6. The zero-order chi connectivity index (χ0) is 18.1. The molecule has 0 spiro atoms. The van der Waals surface area contributed by atoms with Crippen molar-refractivity contribution in [3.05, 3.63) is 59.9 Å². The van der Waals surface area contributed by atoms with Gasteiger partial charge in [-0.1, -0.05) is 19.1 Å². The largest absolute Gasteiger partial charge is 0.331 e. The molecule has 0 aliphatic carbocycles. The molecule has 132 valence electrons. The Morgan fingerprint density at radius 2 is 1.92 bits per heavy atom. The van der Waals surface area contributed by atoms with E-state index in [0.717, 1.165) is 17.0 Å². The Labute approximate surface area is 156 Å². The lowest BCUT2D eigenvalue weighted by Crippen LogP contribution is -2.43. The van der Waals surface area contributed by atoms with E-state index in [0.29, 0.717) is 17.3 Å². The van der Waals surface area contributed by atoms with Crippen LogP contribution in [0.4, 0.5) is 10.1 Å². The Kier molecular flexibility index (Phi) is 7.69. The first-order valence-electron chi connectivity index (χ1n) is 7.90. The van der Waals surface area contributed by atoms with Crippen LogP contribution in [-0.4, -0.2) is 16.8 Å². The van der Waals surface area contributed by atoms with Crippen LogP contribution in [0.1, 0.15) is 18.9 Å². The van der Waals surface area contributed by atoms with Crippen LogP contribution in [0.25, 0.3) is 0 Å². The fourth-order valence-electron chi connectivity index (χ4n) is 2.01. The number of carbonyl (C=O) groups excluding carboxylic acids is 1. The van der Waals surface area contributed by atoms with Gasteiger partial charge >= 0.3 is 0 Å². The summed E-state index contributed by atoms with van der Waals surface area (Å²) in [5.74, 6) is 0.163. The highest BCUT2D eigenvalue weighted by atomic mass is 32.2. The van der Waals surface area contributed by atoms with Gasteiger partial charge in [0, 0.05) is 22.8 Å². The number of thiocarbonyl (C=S) groups is 1. The highest BCUT2D eigenvalue weighted by Gasteiger charge is 2.04. The van der Waals surface area contributed by atoms with Crippen LogP contribution >= 0.6 is 24.0 Å². The Morgan fingerprint density at radius 3 is 2.64 bits per heavy atom. The second kappa shape index (κ2) is 10.0. The first-order valence-corrected chi connectivity index (χ1v) is 9.29. The van der Waals surface area contributed by atoms with Gasteiger partial charge in [-0.3, -0.25) is 15.6 Å². The lowest BCUT2D eigenvalue weighted by Gasteiger charge is -2.12. The van der Waals surface area contributed by atoms with Gasteiger partial charge in [0.1, 0.15) is 5.82 Å². The van der Waals surface area contributed by atoms with Crippen molar-refractivity contribution in [1.29, 1.82) is 0 Å². The number of aryl methyl sites for hydroxylation is 1. The highest BCUT2D eigenvalue weighted by molar-refractivity contribution is 7.99. The van der Waals surface area contributed by atoms with Gasteiger partial charge in [-0.2, -0.15) is 0 Å². The second-order valence-electron chi connectivity index (χ2n) is 5.23. The Balaban J connectivity index is 1.66. The van der Waals surface area contributed by atoms with E-state index in [9.17, 15) is 9.18 Å². The van der Waals surface area contributed by atoms with E-state index in [-0.39, 0.29) is 11.7 Å². The molecule has 0 fully saturated rings. The van der Waals surface area contributed by atoms with E-state index in [1.54, 1.807) is 12.1 Å². The summed E-state index contributed by atoms with van der Waals surface area (Å²) >= 11 is 6.65. The minimum Gasteiger partial charge on any atom is -0.331 e. The van der Waals surface area contributed by atoms with Crippen molar-refractivity contribution in [3.63, 3.8) is 0 Å². The normalized spacial score (nSPS) is 10.2. The molecule has 0 unspecified atom stereocenters. The molecule has 0 atom stereocenters. The Hall–Kier alpha value is -2.12. The molecule has 0 aromatic heterocycles. The van der Waals surface area contributed by atoms with Crippen molar-refractivity contribution in [2.45, 2.75) is 24.7 Å². The molecular formula is C18H20FN3OS2. The molecule has 0 aliphatic heterocycles. The van der Waals surface area contributed by atoms with Gasteiger partial charge in [0.15, 0.2) is 5.11 Å². The van der Waals surface area contributed by atoms with Crippen LogP contribution in [-0.2, 0) is 11.2 Å². The quantitative estimate of drug-likeness (QED) is 0.405. The monoisotopic (exact) mass is 377 g/mol. The molecule has 0 saturated heterocycles. The standard InChI is InChI=1S/C18H20FN3OS2/c1-2-13-4-3-5-15(12-13)20-18(24)22-21-17(23)10-11-25-16-8-6-14(19)7-9-16/h3-9,12H,2,10-11H2,1H3,(H,21,23)(H2,20,22,24). The average molecular weight is 378 g/mol. The van der Waals surface area contributed by atoms with E-state index < -0.39 is 0 Å². The average Bonchev–Trinajstić information content (AvgIpc) is 2.62. The number of thioether (sulfide) groups is 1. The van der Waals surface area contributed by atoms with Gasteiger partial charge < -0.3 is 5.32 Å². The predicted molar refractivity (Wildman–Crippen MR) is 105 cm³/mol. The number of anilines is 1. The van der Waals surface area contributed by atoms with Crippen molar-refractivity contribution in [1.82, 2.24) is 10.9 Å². The van der Waals surface area contributed by atoms with Gasteiger partial charge in [-0.25, -0.2) is 4.39 Å². The van der Waals surface area contributed by atoms with E-state index in [2.05, 4.69) is 23.1 Å². The van der Waals surface area contributed by atoms with Crippen molar-refractivity contribution in [3.8, 4) is 0 Å². The zero-order valence-corrected chi connectivity index (χ0v) is 15.5. The van der Waals surface area contributed by atoms with Crippen molar-refractivity contribution < 1.29 is 9.18 Å². The number of hydrogen-bond acceptors (Lipinski definition) is 3. The summed E-state index contributed by atoms with van der Waals surface area (Å²) in [5.41, 5.74) is 7.32. The van der Waals surface area contributed by atoms with Crippen molar-refractivity contribution >= 4 is 40.7 Å². The van der Waals surface area contributed by atoms with E-state index in [1.165, 1.54) is 29.5 Å². The van der Waals surface area contributed by atoms with Crippen LogP contribution in [0.5, 0.6) is 0 Å². The summed E-state index contributed by atoms with van der Waals surface area (Å²) in [7, 11) is 0. The fraction of sp³-hybridized carbons (Fsp3) is 0.222. The van der Waals surface area contributed by atoms with Crippen LogP contribution in [0.15, 0.2) is 53.4 Å². The van der Waals surface area contributed by atoms with Crippen molar-refractivity contribution in [2.75, 3.05) is 11.1 Å². The highest BCUT2D eigenvalue weighted by Crippen LogP contribution is 2.18. The molecule has 7 heteroatoms. The minimum absolute atomic E-state index is 0.166. The molecular weight excluding hydrogens is 357 g/mol. The maximum absolute atomic E-state index is 12.8. The third-order valence-electron chi connectivity index (χ3n) is 3.32. The van der Waals surface area contributed by atoms with Gasteiger partial charge in [-0.15, -0.1) is 11.8 Å². The van der Waals surface area contributed by atoms with Gasteiger partial charge in [-0.05, 0) is 60.6 Å². The molecule has 0 radical (unpaired) electrons. The predicted octanol–water partition coefficient (Wildman–Crippen LogP) is 3.89. The summed E-state index contributed by atoms with van der Waals surface area (Å²) in [6.07, 6.45) is 1.27. The summed E-state index contributed by atoms with van der Waals surface area (Å²) < 4.78 is 12.8. The molecule has 1 amide bonds. The number of hydrazine groups is 1. The molecule has 25 heavy (non-hydrogen) atoms. The lowest BCUT2D eigenvalue weighted by atomic mass is 10.1. The summed E-state index contributed by atoms with van der Waals surface area (Å²) in [6, 6.07) is 14.1. The smallest absolute Gasteiger partial charge is 0.239 e. The lowest BCUT2D eigenvalue weighted by molar-refractivity contribution is -0.121. The van der Waals surface area contributed by atoms with E-state index >= 15 is 0 Å². The third kappa shape index (κ3) is 7.11. The maximum atomic E-state index is 12.8. The van der Waals surface area contributed by atoms with Gasteiger partial charge in [0.25, 0.3) is 0 Å². The molecule has 3 N–H and O–H groups in total. The maximum Gasteiger partial charge on any atom is 0.239 e. The molecule has 0 bridgehead atoms. The number of halogens is 1. The molecule has 2 rings (SSSR count). The van der Waals surface area contributed by atoms with E-state index in [1.807, 2.05) is 24.3 Å². The molecule has 2 aromatic rings. The molecule has 0 aliphatic rings. The molecule has 0 heterocycles. The number of benzene rings is 2. The molecule has 4 nitrogen and oxygen atoms in total. The van der Waals surface area contributed by atoms with Crippen LogP contribution in [0.2, 0.25) is 0 Å². The SMILES string of the molecule is CCc1cccc(NC(=S)NNC(=O)CCSc2ccc(F)cc2)c1. The summed E-state index contributed by atoms with van der Waals surface area (Å²) in [5, 5.41) is 3.35. The summed E-state index contributed by atoms with van der Waals surface area (Å²) in [4.78, 5) is 12.7. The first-order chi connectivity index (χ1) is 12.1. The second-order valence-corrected chi connectivity index (χ2v) is 6.81. The molecule has 2 aromatic carbocycles. The number of carbonyl (C=O) groups is 1. The van der Waals surface area contributed by atoms with Gasteiger partial charge in [0.2, 0.25) is 5.91 Å². The number of hydrogen-bond donors (Lipinski definition) is 3. The van der Waals surface area contributed by atoms with Crippen LogP contribution in [0, 0.1) is 5.82 Å². The Bertz CT molecular complexity index is 723. The van der Waals surface area contributed by atoms with Crippen molar-refractivity contribution in [2.24, 2.45) is 0 Å². The van der Waals surface area contributed by atoms with Crippen LogP contribution in [0.3, 0.4) is 0 Å². The zero-order valence-electron chi connectivity index (χ0n) is 13.8. The van der Waals surface area contributed by atoms with Crippen LogP contribution < -0.4 is 16.2 Å². The van der Waals surface area contributed by atoms with E-state index in [4.69, 9.17) is 12.2 Å². The number of amides is 1.